The van der Waals surface area contributed by atoms with Gasteiger partial charge in [0, 0.05) is 6.54 Å². The van der Waals surface area contributed by atoms with Crippen LogP contribution in [-0.2, 0) is 9.59 Å². The average molecular weight is 377 g/mol. The van der Waals surface area contributed by atoms with Crippen molar-refractivity contribution in [1.29, 1.82) is 0 Å². The van der Waals surface area contributed by atoms with Crippen molar-refractivity contribution < 1.29 is 14.4 Å². The van der Waals surface area contributed by atoms with E-state index in [4.69, 9.17) is 0 Å². The molecular weight excluding hydrogens is 358 g/mol. The summed E-state index contributed by atoms with van der Waals surface area (Å²) >= 11 is 0. The zero-order valence-corrected chi connectivity index (χ0v) is 15.0. The summed E-state index contributed by atoms with van der Waals surface area (Å²) < 4.78 is 0. The second-order valence-electron chi connectivity index (χ2n) is 5.84. The largest absolute Gasteiger partial charge is 0.349 e. The summed E-state index contributed by atoms with van der Waals surface area (Å²) in [7, 11) is 0. The topological polar surface area (TPSA) is 103 Å². The van der Waals surface area contributed by atoms with Crippen LogP contribution in [0.2, 0.25) is 0 Å². The Morgan fingerprint density at radius 3 is 2.57 bits per heavy atom. The Balaban J connectivity index is 1.76. The number of nitrogens with one attached hydrogen (secondary N) is 3. The number of hydrogen-bond acceptors (Lipinski definition) is 5. The van der Waals surface area contributed by atoms with E-state index in [0.29, 0.717) is 23.5 Å². The molecule has 142 valence electrons. The minimum atomic E-state index is -0.558. The van der Waals surface area contributed by atoms with Crippen LogP contribution in [0.3, 0.4) is 0 Å². The van der Waals surface area contributed by atoms with E-state index in [-0.39, 0.29) is 24.2 Å². The highest BCUT2D eigenvalue weighted by Gasteiger charge is 2.26. The third-order valence-electron chi connectivity index (χ3n) is 3.90. The molecule has 8 heteroatoms. The first-order valence-electron chi connectivity index (χ1n) is 8.58. The zero-order valence-electron chi connectivity index (χ0n) is 15.0. The third kappa shape index (κ3) is 4.24. The van der Waals surface area contributed by atoms with E-state index in [2.05, 4.69) is 27.6 Å². The van der Waals surface area contributed by atoms with Gasteiger partial charge >= 0.3 is 0 Å². The highest BCUT2D eigenvalue weighted by molar-refractivity contribution is 6.43. The minimum Gasteiger partial charge on any atom is -0.349 e. The van der Waals surface area contributed by atoms with Crippen LogP contribution >= 0.6 is 0 Å². The molecule has 1 aliphatic heterocycles. The van der Waals surface area contributed by atoms with E-state index < -0.39 is 5.91 Å². The third-order valence-corrected chi connectivity index (χ3v) is 3.90. The van der Waals surface area contributed by atoms with Crippen molar-refractivity contribution in [2.75, 3.05) is 23.4 Å². The van der Waals surface area contributed by atoms with Gasteiger partial charge in [0.15, 0.2) is 0 Å². The van der Waals surface area contributed by atoms with Crippen LogP contribution in [-0.4, -0.2) is 36.6 Å². The van der Waals surface area contributed by atoms with Crippen LogP contribution in [0, 0.1) is 0 Å². The van der Waals surface area contributed by atoms with Gasteiger partial charge in [0.05, 0.1) is 16.9 Å². The van der Waals surface area contributed by atoms with Crippen molar-refractivity contribution in [3.05, 3.63) is 72.8 Å². The highest BCUT2D eigenvalue weighted by Crippen LogP contribution is 2.16. The molecule has 0 saturated carbocycles. The van der Waals surface area contributed by atoms with Gasteiger partial charge in [-0.3, -0.25) is 24.8 Å². The molecule has 0 aromatic heterocycles. The molecule has 0 radical (unpaired) electrons. The van der Waals surface area contributed by atoms with Gasteiger partial charge in [-0.1, -0.05) is 36.4 Å². The van der Waals surface area contributed by atoms with E-state index in [1.807, 2.05) is 6.07 Å². The number of anilines is 2. The molecule has 3 N–H and O–H groups in total. The molecular formula is C20H19N5O3. The molecule has 0 spiro atoms. The average Bonchev–Trinajstić information content (AvgIpc) is 2.73. The van der Waals surface area contributed by atoms with E-state index >= 15 is 0 Å². The second kappa shape index (κ2) is 8.63. The van der Waals surface area contributed by atoms with Gasteiger partial charge in [-0.05, 0) is 24.3 Å². The Kier molecular flexibility index (Phi) is 5.81. The smallest absolute Gasteiger partial charge is 0.292 e. The lowest BCUT2D eigenvalue weighted by Gasteiger charge is -2.27. The van der Waals surface area contributed by atoms with E-state index in [1.54, 1.807) is 54.6 Å². The Morgan fingerprint density at radius 2 is 1.82 bits per heavy atom. The molecule has 2 aromatic rings. The summed E-state index contributed by atoms with van der Waals surface area (Å²) in [6, 6.07) is 15.5. The van der Waals surface area contributed by atoms with Crippen molar-refractivity contribution in [1.82, 2.24) is 10.7 Å². The van der Waals surface area contributed by atoms with Crippen molar-refractivity contribution in [2.24, 2.45) is 4.99 Å². The number of carbonyl (C=O) groups is 3. The van der Waals surface area contributed by atoms with Crippen molar-refractivity contribution in [3.63, 3.8) is 0 Å². The Morgan fingerprint density at radius 1 is 1.11 bits per heavy atom. The molecule has 0 fully saturated rings. The highest BCUT2D eigenvalue weighted by atomic mass is 16.2. The molecule has 1 heterocycles. The van der Waals surface area contributed by atoms with Crippen LogP contribution < -0.4 is 21.1 Å². The number of nitrogens with zero attached hydrogens (tertiary/aromatic N) is 2. The fourth-order valence-corrected chi connectivity index (χ4v) is 2.56. The van der Waals surface area contributed by atoms with Crippen molar-refractivity contribution >= 4 is 34.9 Å². The maximum atomic E-state index is 12.6. The molecule has 3 amide bonds. The number of benzene rings is 2. The summed E-state index contributed by atoms with van der Waals surface area (Å²) in [4.78, 5) is 41.0. The van der Waals surface area contributed by atoms with Gasteiger partial charge < -0.3 is 10.6 Å². The summed E-state index contributed by atoms with van der Waals surface area (Å²) in [6.07, 6.45) is 1.56. The van der Waals surface area contributed by atoms with Gasteiger partial charge in [0.2, 0.25) is 5.84 Å². The summed E-state index contributed by atoms with van der Waals surface area (Å²) in [5.74, 6) is -1.20. The number of rotatable bonds is 6. The molecule has 0 aliphatic carbocycles. The molecule has 0 saturated heterocycles. The van der Waals surface area contributed by atoms with Crippen LogP contribution in [0.25, 0.3) is 0 Å². The van der Waals surface area contributed by atoms with Crippen molar-refractivity contribution in [3.8, 4) is 0 Å². The van der Waals surface area contributed by atoms with Crippen LogP contribution in [0.4, 0.5) is 11.4 Å². The number of aliphatic imine (C=N–C) groups is 1. The lowest BCUT2D eigenvalue weighted by molar-refractivity contribution is -0.118. The maximum absolute atomic E-state index is 12.6. The van der Waals surface area contributed by atoms with Gasteiger partial charge in [-0.15, -0.1) is 6.58 Å². The second-order valence-corrected chi connectivity index (χ2v) is 5.84. The fourth-order valence-electron chi connectivity index (χ4n) is 2.56. The number of amidine groups is 1. The van der Waals surface area contributed by atoms with E-state index in [0.717, 1.165) is 0 Å². The van der Waals surface area contributed by atoms with Crippen LogP contribution in [0.1, 0.15) is 10.4 Å². The molecule has 0 bridgehead atoms. The van der Waals surface area contributed by atoms with Gasteiger partial charge in [0.1, 0.15) is 6.54 Å². The van der Waals surface area contributed by atoms with Crippen LogP contribution in [0.15, 0.2) is 72.2 Å². The molecule has 3 rings (SSSR count). The van der Waals surface area contributed by atoms with E-state index in [1.165, 1.54) is 5.01 Å². The first-order chi connectivity index (χ1) is 13.6. The fraction of sp³-hybridized carbons (Fsp3) is 0.100. The van der Waals surface area contributed by atoms with Gasteiger partial charge in [-0.2, -0.15) is 0 Å². The number of hydrazine groups is 1. The SMILES string of the molecule is C=CCNC(=O)c1ccccc1NC(=O)C1=NCC(=O)N(c2ccccc2)N1. The monoisotopic (exact) mass is 377 g/mol. The Labute approximate surface area is 161 Å². The van der Waals surface area contributed by atoms with Crippen molar-refractivity contribution in [2.45, 2.75) is 0 Å². The minimum absolute atomic E-state index is 0.0234. The molecule has 1 aliphatic rings. The summed E-state index contributed by atoms with van der Waals surface area (Å²) in [6.45, 7) is 3.70. The van der Waals surface area contributed by atoms with E-state index in [9.17, 15) is 14.4 Å². The number of carbonyl (C=O) groups excluding carboxylic acids is 3. The molecule has 0 atom stereocenters. The number of para-hydroxylation sites is 2. The summed E-state index contributed by atoms with van der Waals surface area (Å²) in [5, 5.41) is 6.61. The van der Waals surface area contributed by atoms with Crippen LogP contribution in [0.5, 0.6) is 0 Å². The molecule has 8 nitrogen and oxygen atoms in total. The standard InChI is InChI=1S/C20H19N5O3/c1-2-12-21-19(27)15-10-6-7-11-16(15)23-20(28)18-22-13-17(26)25(24-18)14-8-4-3-5-9-14/h2-11H,1,12-13H2,(H,21,27)(H,22,24)(H,23,28). The number of hydrogen-bond donors (Lipinski definition) is 3. The number of amides is 3. The molecule has 2 aromatic carbocycles. The lowest BCUT2D eigenvalue weighted by atomic mass is 10.1. The summed E-state index contributed by atoms with van der Waals surface area (Å²) in [5.41, 5.74) is 3.97. The predicted octanol–water partition coefficient (Wildman–Crippen LogP) is 1.49. The maximum Gasteiger partial charge on any atom is 0.292 e. The lowest BCUT2D eigenvalue weighted by Crippen LogP contribution is -2.54. The first kappa shape index (κ1) is 18.8. The Hall–Kier alpha value is -3.94. The van der Waals surface area contributed by atoms with Gasteiger partial charge in [-0.25, -0.2) is 5.01 Å². The first-order valence-corrected chi connectivity index (χ1v) is 8.58. The Bertz CT molecular complexity index is 940. The molecule has 0 unspecified atom stereocenters. The quantitative estimate of drug-likeness (QED) is 0.664. The zero-order chi connectivity index (χ0) is 19.9. The normalized spacial score (nSPS) is 13.2. The molecule has 28 heavy (non-hydrogen) atoms. The predicted molar refractivity (Wildman–Crippen MR) is 107 cm³/mol. The van der Waals surface area contributed by atoms with Gasteiger partial charge in [0.25, 0.3) is 17.7 Å².